The molecule has 182 valence electrons. The molecular weight excluding hydrogens is 472 g/mol. The second-order valence-corrected chi connectivity index (χ2v) is 8.56. The Balaban J connectivity index is 1.39. The fourth-order valence-corrected chi connectivity index (χ4v) is 4.45. The summed E-state index contributed by atoms with van der Waals surface area (Å²) in [6.07, 6.45) is 3.64. The monoisotopic (exact) mass is 493 g/mol. The number of carbonyl (C=O) groups excluding carboxylic acids is 1. The summed E-state index contributed by atoms with van der Waals surface area (Å²) >= 11 is 0. The van der Waals surface area contributed by atoms with Crippen molar-refractivity contribution in [3.63, 3.8) is 0 Å². The first kappa shape index (κ1) is 23.8. The SMILES string of the molecule is C=C(Nc1cnccc1C(=O)N1CCc2c(C#N)cccc2C1)c1cccc(-c2c(F)cccc2F)n1. The highest BCUT2D eigenvalue weighted by molar-refractivity contribution is 6.01. The molecule has 0 spiro atoms. The van der Waals surface area contributed by atoms with Gasteiger partial charge in [0.2, 0.25) is 0 Å². The van der Waals surface area contributed by atoms with Crippen LogP contribution in [-0.4, -0.2) is 27.3 Å². The van der Waals surface area contributed by atoms with E-state index in [2.05, 4.69) is 27.9 Å². The lowest BCUT2D eigenvalue weighted by Gasteiger charge is -2.30. The number of nitrogens with one attached hydrogen (secondary N) is 1. The van der Waals surface area contributed by atoms with Crippen molar-refractivity contribution in [2.45, 2.75) is 13.0 Å². The molecular formula is C29H21F2N5O. The standard InChI is InChI=1S/C29H21F2N5O/c1-18(25-9-4-10-26(35-25)28-23(30)7-3-8-24(28)31)34-27-16-33-13-11-22(27)29(37)36-14-12-21-19(15-32)5-2-6-20(21)17-36/h2-11,13,16,34H,1,12,14,17H2. The second-order valence-electron chi connectivity index (χ2n) is 8.56. The highest BCUT2D eigenvalue weighted by Gasteiger charge is 2.25. The normalized spacial score (nSPS) is 12.4. The van der Waals surface area contributed by atoms with E-state index in [4.69, 9.17) is 0 Å². The minimum absolute atomic E-state index is 0.127. The summed E-state index contributed by atoms with van der Waals surface area (Å²) in [5.41, 5.74) is 3.99. The number of aromatic nitrogens is 2. The van der Waals surface area contributed by atoms with Gasteiger partial charge in [0.15, 0.2) is 0 Å². The lowest BCUT2D eigenvalue weighted by Crippen LogP contribution is -2.36. The van der Waals surface area contributed by atoms with Gasteiger partial charge in [0.25, 0.3) is 5.91 Å². The Labute approximate surface area is 212 Å². The molecule has 1 N–H and O–H groups in total. The average molecular weight is 494 g/mol. The Kier molecular flexibility index (Phi) is 6.43. The first-order chi connectivity index (χ1) is 18.0. The van der Waals surface area contributed by atoms with Gasteiger partial charge in [-0.15, -0.1) is 0 Å². The van der Waals surface area contributed by atoms with Gasteiger partial charge in [-0.2, -0.15) is 5.26 Å². The average Bonchev–Trinajstić information content (AvgIpc) is 2.92. The highest BCUT2D eigenvalue weighted by atomic mass is 19.1. The van der Waals surface area contributed by atoms with Crippen molar-refractivity contribution in [3.8, 4) is 17.3 Å². The van der Waals surface area contributed by atoms with Crippen LogP contribution >= 0.6 is 0 Å². The third kappa shape index (κ3) is 4.67. The molecule has 0 fully saturated rings. The molecule has 1 amide bonds. The maximum absolute atomic E-state index is 14.3. The number of hydrogen-bond acceptors (Lipinski definition) is 5. The van der Waals surface area contributed by atoms with Gasteiger partial charge in [0.05, 0.1) is 51.7 Å². The van der Waals surface area contributed by atoms with Crippen LogP contribution in [0.1, 0.15) is 32.7 Å². The number of pyridine rings is 2. The van der Waals surface area contributed by atoms with Crippen molar-refractivity contribution >= 4 is 17.3 Å². The summed E-state index contributed by atoms with van der Waals surface area (Å²) in [5, 5.41) is 12.5. The van der Waals surface area contributed by atoms with E-state index in [1.807, 2.05) is 12.1 Å². The molecule has 8 heteroatoms. The third-order valence-corrected chi connectivity index (χ3v) is 6.29. The van der Waals surface area contributed by atoms with Crippen molar-refractivity contribution in [1.82, 2.24) is 14.9 Å². The molecule has 2 aromatic carbocycles. The number of fused-ring (bicyclic) bond motifs is 1. The van der Waals surface area contributed by atoms with Gasteiger partial charge in [-0.05, 0) is 53.9 Å². The molecule has 0 unspecified atom stereocenters. The van der Waals surface area contributed by atoms with Crippen LogP contribution in [0.25, 0.3) is 17.0 Å². The molecule has 5 rings (SSSR count). The summed E-state index contributed by atoms with van der Waals surface area (Å²) in [6, 6.07) is 17.8. The first-order valence-corrected chi connectivity index (χ1v) is 11.6. The van der Waals surface area contributed by atoms with Gasteiger partial charge in [-0.3, -0.25) is 9.78 Å². The van der Waals surface area contributed by atoms with E-state index in [-0.39, 0.29) is 17.2 Å². The first-order valence-electron chi connectivity index (χ1n) is 11.6. The van der Waals surface area contributed by atoms with E-state index in [9.17, 15) is 18.8 Å². The van der Waals surface area contributed by atoms with Crippen LogP contribution in [0.3, 0.4) is 0 Å². The fraction of sp³-hybridized carbons (Fsp3) is 0.103. The number of halogens is 2. The number of amides is 1. The number of nitriles is 1. The maximum atomic E-state index is 14.3. The lowest BCUT2D eigenvalue weighted by molar-refractivity contribution is 0.0735. The van der Waals surface area contributed by atoms with E-state index in [1.54, 1.807) is 29.2 Å². The van der Waals surface area contributed by atoms with E-state index < -0.39 is 11.6 Å². The van der Waals surface area contributed by atoms with Crippen LogP contribution < -0.4 is 5.32 Å². The predicted octanol–water partition coefficient (Wildman–Crippen LogP) is 5.57. The van der Waals surface area contributed by atoms with E-state index in [0.29, 0.717) is 47.7 Å². The van der Waals surface area contributed by atoms with Crippen LogP contribution in [0, 0.1) is 23.0 Å². The van der Waals surface area contributed by atoms with Gasteiger partial charge in [-0.25, -0.2) is 13.8 Å². The molecule has 3 heterocycles. The Morgan fingerprint density at radius 2 is 1.81 bits per heavy atom. The molecule has 4 aromatic rings. The molecule has 1 aliphatic rings. The molecule has 6 nitrogen and oxygen atoms in total. The number of carbonyl (C=O) groups is 1. The summed E-state index contributed by atoms with van der Waals surface area (Å²) in [5.74, 6) is -1.62. The van der Waals surface area contributed by atoms with Crippen molar-refractivity contribution in [3.05, 3.63) is 119 Å². The fourth-order valence-electron chi connectivity index (χ4n) is 4.45. The Morgan fingerprint density at radius 3 is 2.59 bits per heavy atom. The lowest BCUT2D eigenvalue weighted by atomic mass is 9.94. The Bertz CT molecular complexity index is 1560. The predicted molar refractivity (Wildman–Crippen MR) is 136 cm³/mol. The van der Waals surface area contributed by atoms with Crippen molar-refractivity contribution in [2.75, 3.05) is 11.9 Å². The number of anilines is 1. The minimum Gasteiger partial charge on any atom is -0.352 e. The van der Waals surface area contributed by atoms with Crippen LogP contribution in [0.4, 0.5) is 14.5 Å². The van der Waals surface area contributed by atoms with Gasteiger partial charge < -0.3 is 10.2 Å². The van der Waals surface area contributed by atoms with E-state index in [0.717, 1.165) is 11.1 Å². The molecule has 0 saturated heterocycles. The number of rotatable bonds is 5. The maximum Gasteiger partial charge on any atom is 0.256 e. The largest absolute Gasteiger partial charge is 0.352 e. The summed E-state index contributed by atoms with van der Waals surface area (Å²) in [6.45, 7) is 4.89. The number of nitrogens with zero attached hydrogens (tertiary/aromatic N) is 4. The number of hydrogen-bond donors (Lipinski definition) is 1. The van der Waals surface area contributed by atoms with Crippen molar-refractivity contribution in [2.24, 2.45) is 0 Å². The molecule has 0 aliphatic carbocycles. The zero-order valence-electron chi connectivity index (χ0n) is 19.7. The van der Waals surface area contributed by atoms with E-state index in [1.165, 1.54) is 36.7 Å². The zero-order chi connectivity index (χ0) is 25.9. The molecule has 1 aliphatic heterocycles. The van der Waals surface area contributed by atoms with E-state index >= 15 is 0 Å². The van der Waals surface area contributed by atoms with Gasteiger partial charge in [-0.1, -0.05) is 30.8 Å². The number of benzene rings is 2. The molecule has 2 aromatic heterocycles. The van der Waals surface area contributed by atoms with Crippen LogP contribution in [0.5, 0.6) is 0 Å². The third-order valence-electron chi connectivity index (χ3n) is 6.29. The van der Waals surface area contributed by atoms with Crippen molar-refractivity contribution < 1.29 is 13.6 Å². The highest BCUT2D eigenvalue weighted by Crippen LogP contribution is 2.28. The quantitative estimate of drug-likeness (QED) is 0.393. The van der Waals surface area contributed by atoms with Crippen LogP contribution in [-0.2, 0) is 13.0 Å². The Morgan fingerprint density at radius 1 is 1.05 bits per heavy atom. The molecule has 37 heavy (non-hydrogen) atoms. The molecule has 0 bridgehead atoms. The molecule has 0 atom stereocenters. The summed E-state index contributed by atoms with van der Waals surface area (Å²) < 4.78 is 28.6. The minimum atomic E-state index is -0.714. The van der Waals surface area contributed by atoms with Gasteiger partial charge in [0, 0.05) is 19.3 Å². The zero-order valence-corrected chi connectivity index (χ0v) is 19.7. The van der Waals surface area contributed by atoms with Gasteiger partial charge in [0.1, 0.15) is 11.6 Å². The molecule has 0 saturated carbocycles. The summed E-state index contributed by atoms with van der Waals surface area (Å²) in [7, 11) is 0. The van der Waals surface area contributed by atoms with Crippen LogP contribution in [0.2, 0.25) is 0 Å². The second kappa shape index (κ2) is 9.99. The van der Waals surface area contributed by atoms with Crippen molar-refractivity contribution in [1.29, 1.82) is 5.26 Å². The summed E-state index contributed by atoms with van der Waals surface area (Å²) in [4.78, 5) is 23.7. The Hall–Kier alpha value is -4.90. The smallest absolute Gasteiger partial charge is 0.256 e. The van der Waals surface area contributed by atoms with Crippen LogP contribution in [0.15, 0.2) is 79.6 Å². The topological polar surface area (TPSA) is 81.9 Å². The molecule has 0 radical (unpaired) electrons. The van der Waals surface area contributed by atoms with Gasteiger partial charge >= 0.3 is 0 Å².